The number of methoxy groups -OCH3 is 1. The average Bonchev–Trinajstić information content (AvgIpc) is 2.30. The van der Waals surface area contributed by atoms with Crippen molar-refractivity contribution in [1.82, 2.24) is 0 Å². The average molecular weight is 214 g/mol. The molecular weight excluding hydrogens is 192 g/mol. The van der Waals surface area contributed by atoms with E-state index in [0.717, 1.165) is 26.1 Å². The van der Waals surface area contributed by atoms with E-state index in [1.165, 1.54) is 19.3 Å². The lowest BCUT2D eigenvalue weighted by atomic mass is 9.75. The van der Waals surface area contributed by atoms with Gasteiger partial charge in [0.05, 0.1) is 18.8 Å². The Bertz CT molecular complexity index is 195. The van der Waals surface area contributed by atoms with E-state index in [1.807, 2.05) is 0 Å². The van der Waals surface area contributed by atoms with Crippen LogP contribution in [0.5, 0.6) is 0 Å². The molecule has 0 radical (unpaired) electrons. The molecule has 1 saturated carbocycles. The molecule has 3 nitrogen and oxygen atoms in total. The number of aliphatic hydroxyl groups excluding tert-OH is 1. The molecule has 2 rings (SSSR count). The molecule has 3 heteroatoms. The SMILES string of the molecule is COC1CCCC(C2COCCC2O)C1. The molecule has 15 heavy (non-hydrogen) atoms. The summed E-state index contributed by atoms with van der Waals surface area (Å²) in [5, 5.41) is 9.96. The van der Waals surface area contributed by atoms with Gasteiger partial charge >= 0.3 is 0 Å². The van der Waals surface area contributed by atoms with E-state index in [-0.39, 0.29) is 6.10 Å². The van der Waals surface area contributed by atoms with E-state index in [4.69, 9.17) is 9.47 Å². The van der Waals surface area contributed by atoms with Crippen LogP contribution in [0.15, 0.2) is 0 Å². The predicted octanol–water partition coefficient (Wildman–Crippen LogP) is 1.59. The van der Waals surface area contributed by atoms with Crippen LogP contribution in [-0.4, -0.2) is 37.6 Å². The Labute approximate surface area is 91.8 Å². The van der Waals surface area contributed by atoms with Gasteiger partial charge < -0.3 is 14.6 Å². The molecule has 4 atom stereocenters. The van der Waals surface area contributed by atoms with E-state index >= 15 is 0 Å². The van der Waals surface area contributed by atoms with Crippen molar-refractivity contribution in [3.63, 3.8) is 0 Å². The lowest BCUT2D eigenvalue weighted by Gasteiger charge is -2.38. The first kappa shape index (κ1) is 11.4. The fourth-order valence-electron chi connectivity index (χ4n) is 2.98. The summed E-state index contributed by atoms with van der Waals surface area (Å²) in [5.74, 6) is 0.940. The molecule has 1 aliphatic heterocycles. The highest BCUT2D eigenvalue weighted by molar-refractivity contribution is 4.84. The maximum atomic E-state index is 9.96. The van der Waals surface area contributed by atoms with Crippen molar-refractivity contribution in [2.45, 2.75) is 44.3 Å². The lowest BCUT2D eigenvalue weighted by molar-refractivity contribution is -0.0755. The smallest absolute Gasteiger partial charge is 0.0615 e. The van der Waals surface area contributed by atoms with E-state index in [0.29, 0.717) is 17.9 Å². The Hall–Kier alpha value is -0.120. The van der Waals surface area contributed by atoms with Gasteiger partial charge in [-0.05, 0) is 31.6 Å². The molecule has 4 unspecified atom stereocenters. The van der Waals surface area contributed by atoms with Crippen molar-refractivity contribution < 1.29 is 14.6 Å². The molecular formula is C12H22O3. The normalized spacial score (nSPS) is 42.8. The first-order valence-corrected chi connectivity index (χ1v) is 6.10. The maximum absolute atomic E-state index is 9.96. The maximum Gasteiger partial charge on any atom is 0.0615 e. The monoisotopic (exact) mass is 214 g/mol. The summed E-state index contributed by atoms with van der Waals surface area (Å²) in [6.07, 6.45) is 5.78. The molecule has 2 fully saturated rings. The highest BCUT2D eigenvalue weighted by Crippen LogP contribution is 2.35. The third-order valence-electron chi connectivity index (χ3n) is 3.97. The summed E-state index contributed by atoms with van der Waals surface area (Å²) in [7, 11) is 1.79. The van der Waals surface area contributed by atoms with E-state index in [2.05, 4.69) is 0 Å². The van der Waals surface area contributed by atoms with E-state index < -0.39 is 0 Å². The number of aliphatic hydroxyl groups is 1. The topological polar surface area (TPSA) is 38.7 Å². The van der Waals surface area contributed by atoms with Crippen molar-refractivity contribution in [2.24, 2.45) is 11.8 Å². The van der Waals surface area contributed by atoms with Crippen LogP contribution in [0.3, 0.4) is 0 Å². The molecule has 0 bridgehead atoms. The summed E-state index contributed by atoms with van der Waals surface area (Å²) >= 11 is 0. The van der Waals surface area contributed by atoms with E-state index in [9.17, 15) is 5.11 Å². The van der Waals surface area contributed by atoms with Gasteiger partial charge in [-0.2, -0.15) is 0 Å². The predicted molar refractivity (Wildman–Crippen MR) is 57.7 cm³/mol. The van der Waals surface area contributed by atoms with Crippen molar-refractivity contribution in [2.75, 3.05) is 20.3 Å². The van der Waals surface area contributed by atoms with Gasteiger partial charge in [-0.1, -0.05) is 6.42 Å². The van der Waals surface area contributed by atoms with Crippen LogP contribution in [0.2, 0.25) is 0 Å². The lowest BCUT2D eigenvalue weighted by Crippen LogP contribution is -2.39. The van der Waals surface area contributed by atoms with Crippen molar-refractivity contribution in [3.05, 3.63) is 0 Å². The molecule has 2 aliphatic rings. The zero-order valence-corrected chi connectivity index (χ0v) is 9.52. The molecule has 1 heterocycles. The second-order valence-corrected chi connectivity index (χ2v) is 4.88. The highest BCUT2D eigenvalue weighted by atomic mass is 16.5. The zero-order chi connectivity index (χ0) is 10.7. The molecule has 0 aromatic rings. The second kappa shape index (κ2) is 5.28. The van der Waals surface area contributed by atoms with Gasteiger partial charge in [-0.3, -0.25) is 0 Å². The Kier molecular flexibility index (Phi) is 4.00. The van der Waals surface area contributed by atoms with E-state index in [1.54, 1.807) is 7.11 Å². The van der Waals surface area contributed by atoms with Gasteiger partial charge in [0.15, 0.2) is 0 Å². The summed E-state index contributed by atoms with van der Waals surface area (Å²) in [6, 6.07) is 0. The van der Waals surface area contributed by atoms with Gasteiger partial charge in [0, 0.05) is 19.6 Å². The Balaban J connectivity index is 1.90. The van der Waals surface area contributed by atoms with Crippen LogP contribution in [-0.2, 0) is 9.47 Å². The van der Waals surface area contributed by atoms with Crippen LogP contribution in [0, 0.1) is 11.8 Å². The third-order valence-corrected chi connectivity index (χ3v) is 3.97. The molecule has 88 valence electrons. The van der Waals surface area contributed by atoms with Gasteiger partial charge in [-0.15, -0.1) is 0 Å². The van der Waals surface area contributed by atoms with Gasteiger partial charge in [-0.25, -0.2) is 0 Å². The minimum atomic E-state index is -0.153. The standard InChI is InChI=1S/C12H22O3/c1-14-10-4-2-3-9(7-10)11-8-15-6-5-12(11)13/h9-13H,2-8H2,1H3. The summed E-state index contributed by atoms with van der Waals surface area (Å²) < 4.78 is 10.9. The molecule has 1 N–H and O–H groups in total. The summed E-state index contributed by atoms with van der Waals surface area (Å²) in [5.41, 5.74) is 0. The summed E-state index contributed by atoms with van der Waals surface area (Å²) in [4.78, 5) is 0. The van der Waals surface area contributed by atoms with Crippen LogP contribution < -0.4 is 0 Å². The highest BCUT2D eigenvalue weighted by Gasteiger charge is 2.34. The first-order valence-electron chi connectivity index (χ1n) is 6.10. The Morgan fingerprint density at radius 3 is 2.87 bits per heavy atom. The molecule has 1 aliphatic carbocycles. The largest absolute Gasteiger partial charge is 0.393 e. The van der Waals surface area contributed by atoms with Crippen LogP contribution in [0.25, 0.3) is 0 Å². The fourth-order valence-corrected chi connectivity index (χ4v) is 2.98. The van der Waals surface area contributed by atoms with Crippen molar-refractivity contribution in [1.29, 1.82) is 0 Å². The van der Waals surface area contributed by atoms with Crippen molar-refractivity contribution >= 4 is 0 Å². The minimum Gasteiger partial charge on any atom is -0.393 e. The van der Waals surface area contributed by atoms with Gasteiger partial charge in [0.25, 0.3) is 0 Å². The molecule has 0 amide bonds. The quantitative estimate of drug-likeness (QED) is 0.758. The van der Waals surface area contributed by atoms with Crippen molar-refractivity contribution in [3.8, 4) is 0 Å². The molecule has 1 saturated heterocycles. The van der Waals surface area contributed by atoms with Crippen LogP contribution in [0.4, 0.5) is 0 Å². The molecule has 0 aromatic carbocycles. The first-order chi connectivity index (χ1) is 7.31. The third kappa shape index (κ3) is 2.71. The molecule has 0 spiro atoms. The number of rotatable bonds is 2. The van der Waals surface area contributed by atoms with Crippen LogP contribution in [0.1, 0.15) is 32.1 Å². The van der Waals surface area contributed by atoms with Gasteiger partial charge in [0.2, 0.25) is 0 Å². The second-order valence-electron chi connectivity index (χ2n) is 4.88. The van der Waals surface area contributed by atoms with Gasteiger partial charge in [0.1, 0.15) is 0 Å². The fraction of sp³-hybridized carbons (Fsp3) is 1.00. The number of ether oxygens (including phenoxy) is 2. The Morgan fingerprint density at radius 1 is 1.27 bits per heavy atom. The Morgan fingerprint density at radius 2 is 2.13 bits per heavy atom. The van der Waals surface area contributed by atoms with Crippen LogP contribution >= 0.6 is 0 Å². The number of hydrogen-bond acceptors (Lipinski definition) is 3. The summed E-state index contributed by atoms with van der Waals surface area (Å²) in [6.45, 7) is 1.46. The molecule has 0 aromatic heterocycles. The number of hydrogen-bond donors (Lipinski definition) is 1. The zero-order valence-electron chi connectivity index (χ0n) is 9.52. The minimum absolute atomic E-state index is 0.153.